The van der Waals surface area contributed by atoms with Gasteiger partial charge in [0.05, 0.1) is 18.7 Å². The van der Waals surface area contributed by atoms with E-state index >= 15 is 0 Å². The van der Waals surface area contributed by atoms with Gasteiger partial charge in [0.2, 0.25) is 11.9 Å². The van der Waals surface area contributed by atoms with Crippen molar-refractivity contribution in [2.45, 2.75) is 39.4 Å². The second-order valence-electron chi connectivity index (χ2n) is 5.24. The molecule has 132 valence electrons. The van der Waals surface area contributed by atoms with Crippen LogP contribution in [0.4, 0.5) is 19.1 Å². The zero-order valence-electron chi connectivity index (χ0n) is 13.5. The minimum Gasteiger partial charge on any atom is -0.466 e. The average molecular weight is 346 g/mol. The normalized spacial score (nSPS) is 13.0. The Kier molecular flexibility index (Phi) is 4.81. The lowest BCUT2D eigenvalue weighted by molar-refractivity contribution is -0.143. The first kappa shape index (κ1) is 17.8. The van der Waals surface area contributed by atoms with Crippen LogP contribution in [-0.2, 0) is 11.3 Å². The molecule has 0 bridgehead atoms. The van der Waals surface area contributed by atoms with Crippen molar-refractivity contribution in [3.05, 3.63) is 17.0 Å². The molecule has 24 heavy (non-hydrogen) atoms. The van der Waals surface area contributed by atoms with Crippen LogP contribution in [-0.4, -0.2) is 44.2 Å². The van der Waals surface area contributed by atoms with Crippen LogP contribution in [0.25, 0.3) is 0 Å². The molecule has 8 nitrogen and oxygen atoms in total. The van der Waals surface area contributed by atoms with Gasteiger partial charge in [0, 0.05) is 11.3 Å². The van der Waals surface area contributed by atoms with Crippen molar-refractivity contribution in [1.29, 1.82) is 0 Å². The van der Waals surface area contributed by atoms with Crippen LogP contribution < -0.4 is 10.1 Å². The van der Waals surface area contributed by atoms with Gasteiger partial charge in [-0.3, -0.25) is 14.8 Å². The molecule has 11 heteroatoms. The topological polar surface area (TPSA) is 97.7 Å². The molecule has 0 aromatic carbocycles. The molecule has 1 unspecified atom stereocenters. The number of H-pyrrole nitrogens is 1. The summed E-state index contributed by atoms with van der Waals surface area (Å²) in [5.41, 5.74) is 1.11. The smallest absolute Gasteiger partial charge is 0.408 e. The van der Waals surface area contributed by atoms with Gasteiger partial charge in [0.15, 0.2) is 0 Å². The number of aromatic amines is 1. The second kappa shape index (κ2) is 6.49. The molecule has 0 spiro atoms. The molecule has 0 saturated carbocycles. The Labute approximate surface area is 135 Å². The fraction of sp³-hybridized carbons (Fsp3) is 0.538. The number of anilines is 1. The van der Waals surface area contributed by atoms with Crippen molar-refractivity contribution < 1.29 is 22.7 Å². The summed E-state index contributed by atoms with van der Waals surface area (Å²) < 4.78 is 43.4. The van der Waals surface area contributed by atoms with E-state index in [4.69, 9.17) is 4.74 Å². The minimum absolute atomic E-state index is 0.0586. The number of aryl methyl sites for hydroxylation is 1. The Bertz CT molecular complexity index is 737. The molecule has 0 aliphatic carbocycles. The highest BCUT2D eigenvalue weighted by Gasteiger charge is 2.31. The molecule has 2 N–H and O–H groups in total. The van der Waals surface area contributed by atoms with Crippen molar-refractivity contribution in [1.82, 2.24) is 25.0 Å². The highest BCUT2D eigenvalue weighted by atomic mass is 19.4. The van der Waals surface area contributed by atoms with Crippen LogP contribution >= 0.6 is 0 Å². The first-order valence-corrected chi connectivity index (χ1v) is 7.00. The average Bonchev–Trinajstić information content (AvgIpc) is 3.02. The van der Waals surface area contributed by atoms with Gasteiger partial charge in [-0.15, -0.1) is 5.10 Å². The van der Waals surface area contributed by atoms with Gasteiger partial charge in [0.1, 0.15) is 6.54 Å². The third kappa shape index (κ3) is 3.84. The quantitative estimate of drug-likeness (QED) is 0.862. The van der Waals surface area contributed by atoms with Crippen LogP contribution in [0.3, 0.4) is 0 Å². The Morgan fingerprint density at radius 2 is 2.08 bits per heavy atom. The maximum atomic E-state index is 12.6. The predicted molar refractivity (Wildman–Crippen MR) is 77.7 cm³/mol. The molecule has 1 atom stereocenters. The summed E-state index contributed by atoms with van der Waals surface area (Å²) in [7, 11) is 1.37. The predicted octanol–water partition coefficient (Wildman–Crippen LogP) is 1.93. The van der Waals surface area contributed by atoms with E-state index in [1.807, 2.05) is 0 Å². The molecule has 0 saturated heterocycles. The van der Waals surface area contributed by atoms with Crippen molar-refractivity contribution in [3.63, 3.8) is 0 Å². The van der Waals surface area contributed by atoms with Crippen LogP contribution in [0.1, 0.15) is 29.8 Å². The van der Waals surface area contributed by atoms with E-state index in [2.05, 4.69) is 25.6 Å². The number of carbonyl (C=O) groups excluding carboxylic acids is 1. The monoisotopic (exact) mass is 346 g/mol. The Hall–Kier alpha value is -2.59. The van der Waals surface area contributed by atoms with E-state index < -0.39 is 24.5 Å². The molecule has 2 aromatic rings. The number of alkyl halides is 3. The van der Waals surface area contributed by atoms with Gasteiger partial charge in [0.25, 0.3) is 0 Å². The lowest BCUT2D eigenvalue weighted by Crippen LogP contribution is -2.22. The molecule has 0 aliphatic heterocycles. The number of hydrogen-bond acceptors (Lipinski definition) is 5. The molecular formula is C13H17F3N6O2. The molecule has 0 fully saturated rings. The van der Waals surface area contributed by atoms with Crippen LogP contribution in [0, 0.1) is 13.8 Å². The molecule has 0 aliphatic rings. The van der Waals surface area contributed by atoms with E-state index in [-0.39, 0.29) is 12.0 Å². The number of nitrogens with one attached hydrogen (secondary N) is 2. The number of aromatic nitrogens is 5. The summed E-state index contributed by atoms with van der Waals surface area (Å²) in [5.74, 6) is -1.09. The van der Waals surface area contributed by atoms with Gasteiger partial charge >= 0.3 is 12.2 Å². The molecule has 0 radical (unpaired) electrons. The van der Waals surface area contributed by atoms with E-state index in [1.165, 1.54) is 14.0 Å². The first-order chi connectivity index (χ1) is 11.1. The number of nitrogens with zero attached hydrogens (tertiary/aromatic N) is 4. The number of rotatable bonds is 5. The molecule has 2 aromatic heterocycles. The molecule has 2 heterocycles. The summed E-state index contributed by atoms with van der Waals surface area (Å²) in [6.45, 7) is 3.45. The maximum absolute atomic E-state index is 12.6. The van der Waals surface area contributed by atoms with E-state index in [0.717, 1.165) is 4.68 Å². The fourth-order valence-electron chi connectivity index (χ4n) is 2.41. The zero-order chi connectivity index (χ0) is 18.1. The maximum Gasteiger partial charge on any atom is 0.408 e. The van der Waals surface area contributed by atoms with E-state index in [0.29, 0.717) is 17.0 Å². The van der Waals surface area contributed by atoms with Crippen molar-refractivity contribution in [3.8, 4) is 6.01 Å². The molecule has 1 amide bonds. The van der Waals surface area contributed by atoms with Crippen LogP contribution in [0.15, 0.2) is 0 Å². The van der Waals surface area contributed by atoms with Gasteiger partial charge in [-0.05, 0) is 20.8 Å². The summed E-state index contributed by atoms with van der Waals surface area (Å²) in [4.78, 5) is 16.2. The van der Waals surface area contributed by atoms with Crippen LogP contribution in [0.2, 0.25) is 0 Å². The zero-order valence-corrected chi connectivity index (χ0v) is 13.5. The largest absolute Gasteiger partial charge is 0.466 e. The van der Waals surface area contributed by atoms with E-state index in [9.17, 15) is 18.0 Å². The Morgan fingerprint density at radius 1 is 1.42 bits per heavy atom. The summed E-state index contributed by atoms with van der Waals surface area (Å²) in [5, 5.41) is 12.5. The van der Waals surface area contributed by atoms with Gasteiger partial charge < -0.3 is 4.74 Å². The summed E-state index contributed by atoms with van der Waals surface area (Å²) >= 11 is 0. The Morgan fingerprint density at radius 3 is 2.62 bits per heavy atom. The number of amides is 1. The fourth-order valence-corrected chi connectivity index (χ4v) is 2.41. The highest BCUT2D eigenvalue weighted by molar-refractivity contribution is 5.94. The van der Waals surface area contributed by atoms with Gasteiger partial charge in [-0.25, -0.2) is 5.10 Å². The first-order valence-electron chi connectivity index (χ1n) is 7.00. The highest BCUT2D eigenvalue weighted by Crippen LogP contribution is 2.27. The van der Waals surface area contributed by atoms with E-state index in [1.54, 1.807) is 13.8 Å². The second-order valence-corrected chi connectivity index (χ2v) is 5.24. The van der Waals surface area contributed by atoms with Crippen LogP contribution in [0.5, 0.6) is 6.01 Å². The minimum atomic E-state index is -4.39. The number of hydrogen-bond donors (Lipinski definition) is 2. The number of halogens is 3. The third-order valence-corrected chi connectivity index (χ3v) is 3.48. The number of methoxy groups -OCH3 is 1. The molecular weight excluding hydrogens is 329 g/mol. The summed E-state index contributed by atoms with van der Waals surface area (Å²) in [6, 6.07) is 0.0586. The van der Waals surface area contributed by atoms with Crippen molar-refractivity contribution in [2.75, 3.05) is 12.4 Å². The standard InChI is InChI=1S/C13H17F3N6O2/c1-6(10(23)17-11-18-12(24-4)20-19-11)9-7(2)21-22(8(9)3)5-13(14,15)16/h6H,5H2,1-4H3,(H2,17,18,19,20,23). The summed E-state index contributed by atoms with van der Waals surface area (Å²) in [6.07, 6.45) is -4.39. The van der Waals surface area contributed by atoms with Crippen molar-refractivity contribution >= 4 is 11.9 Å². The van der Waals surface area contributed by atoms with Gasteiger partial charge in [-0.2, -0.15) is 23.3 Å². The number of carbonyl (C=O) groups is 1. The van der Waals surface area contributed by atoms with Crippen molar-refractivity contribution in [2.24, 2.45) is 0 Å². The SMILES string of the molecule is COc1n[nH]c(NC(=O)C(C)c2c(C)nn(CC(F)(F)F)c2C)n1. The third-order valence-electron chi connectivity index (χ3n) is 3.48. The van der Waals surface area contributed by atoms with Gasteiger partial charge in [-0.1, -0.05) is 0 Å². The number of ether oxygens (including phenoxy) is 1. The molecule has 2 rings (SSSR count). The lowest BCUT2D eigenvalue weighted by atomic mass is 9.98. The lowest BCUT2D eigenvalue weighted by Gasteiger charge is -2.12. The Balaban J connectivity index is 2.19.